The molecule has 0 aliphatic heterocycles. The van der Waals surface area contributed by atoms with Crippen molar-refractivity contribution < 1.29 is 9.18 Å². The molecule has 10 heteroatoms. The van der Waals surface area contributed by atoms with Crippen LogP contribution >= 0.6 is 11.5 Å². The molecule has 0 saturated heterocycles. The fourth-order valence-corrected chi connectivity index (χ4v) is 3.67. The van der Waals surface area contributed by atoms with Crippen molar-refractivity contribution in [3.63, 3.8) is 0 Å². The van der Waals surface area contributed by atoms with Gasteiger partial charge >= 0.3 is 0 Å². The fraction of sp³-hybridized carbons (Fsp3) is 0.316. The van der Waals surface area contributed by atoms with E-state index in [9.17, 15) is 14.0 Å². The van der Waals surface area contributed by atoms with Gasteiger partial charge in [0.25, 0.3) is 5.56 Å². The Morgan fingerprint density at radius 3 is 2.72 bits per heavy atom. The SMILES string of the molecule is Cc1snc2c1c(=O)n(CC(=O)Nc1ccc(F)cn1)c1cc(C(C)(C)C)nn21. The average Bonchev–Trinajstić information content (AvgIpc) is 3.24. The van der Waals surface area contributed by atoms with Crippen LogP contribution in [0.15, 0.2) is 29.2 Å². The van der Waals surface area contributed by atoms with E-state index in [0.717, 1.165) is 16.8 Å². The van der Waals surface area contributed by atoms with Crippen LogP contribution in [0.25, 0.3) is 16.7 Å². The first-order valence-electron chi connectivity index (χ1n) is 8.95. The summed E-state index contributed by atoms with van der Waals surface area (Å²) < 4.78 is 20.4. The Morgan fingerprint density at radius 1 is 1.31 bits per heavy atom. The van der Waals surface area contributed by atoms with Crippen LogP contribution in [0.4, 0.5) is 10.2 Å². The van der Waals surface area contributed by atoms with E-state index in [2.05, 4.69) is 19.8 Å². The molecule has 4 rings (SSSR count). The highest BCUT2D eigenvalue weighted by atomic mass is 32.1. The summed E-state index contributed by atoms with van der Waals surface area (Å²) in [6.07, 6.45) is 1.01. The monoisotopic (exact) mass is 414 g/mol. The van der Waals surface area contributed by atoms with Crippen molar-refractivity contribution in [3.8, 4) is 0 Å². The van der Waals surface area contributed by atoms with E-state index in [-0.39, 0.29) is 23.3 Å². The maximum Gasteiger partial charge on any atom is 0.264 e. The fourth-order valence-electron chi connectivity index (χ4n) is 3.00. The highest BCUT2D eigenvalue weighted by Gasteiger charge is 2.23. The van der Waals surface area contributed by atoms with Crippen molar-refractivity contribution in [2.45, 2.75) is 39.7 Å². The molecule has 0 radical (unpaired) electrons. The minimum absolute atomic E-state index is 0.207. The van der Waals surface area contributed by atoms with Crippen molar-refractivity contribution in [1.29, 1.82) is 0 Å². The van der Waals surface area contributed by atoms with Gasteiger partial charge in [0.15, 0.2) is 5.65 Å². The second-order valence-corrected chi connectivity index (χ2v) is 8.77. The molecule has 0 fully saturated rings. The predicted octanol–water partition coefficient (Wildman–Crippen LogP) is 2.88. The first-order chi connectivity index (χ1) is 13.6. The molecule has 0 atom stereocenters. The van der Waals surface area contributed by atoms with Crippen molar-refractivity contribution >= 4 is 39.9 Å². The molecule has 0 bridgehead atoms. The number of rotatable bonds is 3. The summed E-state index contributed by atoms with van der Waals surface area (Å²) in [5, 5.41) is 7.67. The highest BCUT2D eigenvalue weighted by Crippen LogP contribution is 2.25. The molecule has 4 heterocycles. The van der Waals surface area contributed by atoms with E-state index in [1.807, 2.05) is 27.7 Å². The normalized spacial score (nSPS) is 12.0. The molecule has 0 aromatic carbocycles. The maximum absolute atomic E-state index is 13.2. The number of fused-ring (bicyclic) bond motifs is 3. The Kier molecular flexibility index (Phi) is 4.45. The Labute approximate surface area is 169 Å². The van der Waals surface area contributed by atoms with E-state index in [1.165, 1.54) is 28.2 Å². The van der Waals surface area contributed by atoms with Crippen LogP contribution in [0.2, 0.25) is 0 Å². The molecule has 29 heavy (non-hydrogen) atoms. The summed E-state index contributed by atoms with van der Waals surface area (Å²) in [5.41, 5.74) is 1.20. The average molecular weight is 414 g/mol. The summed E-state index contributed by atoms with van der Waals surface area (Å²) in [6.45, 7) is 7.64. The Bertz CT molecular complexity index is 1300. The summed E-state index contributed by atoms with van der Waals surface area (Å²) in [6, 6.07) is 4.36. The van der Waals surface area contributed by atoms with Crippen LogP contribution < -0.4 is 10.9 Å². The van der Waals surface area contributed by atoms with Crippen molar-refractivity contribution in [2.75, 3.05) is 5.32 Å². The van der Waals surface area contributed by atoms with Gasteiger partial charge in [-0.1, -0.05) is 20.8 Å². The van der Waals surface area contributed by atoms with Crippen LogP contribution in [0, 0.1) is 12.7 Å². The second-order valence-electron chi connectivity index (χ2n) is 7.79. The summed E-state index contributed by atoms with van der Waals surface area (Å²) in [7, 11) is 0. The highest BCUT2D eigenvalue weighted by molar-refractivity contribution is 7.07. The minimum atomic E-state index is -0.499. The molecule has 1 N–H and O–H groups in total. The van der Waals surface area contributed by atoms with Crippen LogP contribution in [0.1, 0.15) is 31.3 Å². The Hall–Kier alpha value is -3.14. The third kappa shape index (κ3) is 3.39. The largest absolute Gasteiger partial charge is 0.309 e. The number of halogens is 1. The van der Waals surface area contributed by atoms with E-state index in [0.29, 0.717) is 16.7 Å². The zero-order valence-electron chi connectivity index (χ0n) is 16.4. The Morgan fingerprint density at radius 2 is 2.07 bits per heavy atom. The van der Waals surface area contributed by atoms with Crippen LogP contribution in [-0.4, -0.2) is 29.4 Å². The zero-order valence-corrected chi connectivity index (χ0v) is 17.2. The third-order valence-corrected chi connectivity index (χ3v) is 5.28. The number of aryl methyl sites for hydroxylation is 1. The van der Waals surface area contributed by atoms with Gasteiger partial charge in [0.2, 0.25) is 5.91 Å². The minimum Gasteiger partial charge on any atom is -0.309 e. The smallest absolute Gasteiger partial charge is 0.264 e. The molecular weight excluding hydrogens is 395 g/mol. The lowest BCUT2D eigenvalue weighted by atomic mass is 9.93. The van der Waals surface area contributed by atoms with Crippen molar-refractivity contribution in [1.82, 2.24) is 23.5 Å². The molecule has 150 valence electrons. The van der Waals surface area contributed by atoms with Crippen LogP contribution in [0.3, 0.4) is 0 Å². The number of hydrogen-bond donors (Lipinski definition) is 1. The molecule has 1 amide bonds. The van der Waals surface area contributed by atoms with Crippen molar-refractivity contribution in [3.05, 3.63) is 51.1 Å². The Balaban J connectivity index is 1.83. The lowest BCUT2D eigenvalue weighted by molar-refractivity contribution is -0.116. The number of anilines is 1. The summed E-state index contributed by atoms with van der Waals surface area (Å²) in [4.78, 5) is 30.3. The zero-order chi connectivity index (χ0) is 20.9. The van der Waals surface area contributed by atoms with E-state index in [4.69, 9.17) is 0 Å². The number of aromatic nitrogens is 5. The van der Waals surface area contributed by atoms with Gasteiger partial charge in [0.05, 0.1) is 11.9 Å². The van der Waals surface area contributed by atoms with Gasteiger partial charge in [-0.25, -0.2) is 9.37 Å². The second kappa shape index (κ2) is 6.73. The number of nitrogens with one attached hydrogen (secondary N) is 1. The predicted molar refractivity (Wildman–Crippen MR) is 109 cm³/mol. The molecule has 0 unspecified atom stereocenters. The molecular formula is C19H19FN6O2S. The molecule has 4 aromatic rings. The number of hydrogen-bond acceptors (Lipinski definition) is 6. The molecule has 8 nitrogen and oxygen atoms in total. The van der Waals surface area contributed by atoms with Gasteiger partial charge in [-0.15, -0.1) is 0 Å². The number of carbonyl (C=O) groups excluding carboxylic acids is 1. The summed E-state index contributed by atoms with van der Waals surface area (Å²) >= 11 is 1.22. The molecule has 0 spiro atoms. The van der Waals surface area contributed by atoms with Crippen LogP contribution in [-0.2, 0) is 16.8 Å². The number of pyridine rings is 1. The summed E-state index contributed by atoms with van der Waals surface area (Å²) in [5.74, 6) is -0.744. The quantitative estimate of drug-likeness (QED) is 0.556. The lowest BCUT2D eigenvalue weighted by Gasteiger charge is -2.13. The molecule has 4 aromatic heterocycles. The van der Waals surface area contributed by atoms with Gasteiger partial charge in [-0.3, -0.25) is 14.2 Å². The number of amides is 1. The van der Waals surface area contributed by atoms with E-state index in [1.54, 1.807) is 10.6 Å². The van der Waals surface area contributed by atoms with E-state index < -0.39 is 11.7 Å². The van der Waals surface area contributed by atoms with Crippen LogP contribution in [0.5, 0.6) is 0 Å². The standard InChI is InChI=1S/C19H19FN6O2S/c1-10-16-17(24-29-10)26-15(7-12(23-26)19(2,3)4)25(18(16)28)9-14(27)22-13-6-5-11(20)8-21-13/h5-8H,9H2,1-4H3,(H,21,22,27). The van der Waals surface area contributed by atoms with Gasteiger partial charge in [0, 0.05) is 16.4 Å². The molecule has 0 saturated carbocycles. The van der Waals surface area contributed by atoms with Crippen molar-refractivity contribution in [2.24, 2.45) is 0 Å². The first kappa shape index (κ1) is 19.2. The molecule has 0 aliphatic carbocycles. The molecule has 0 aliphatic rings. The first-order valence-corrected chi connectivity index (χ1v) is 9.73. The van der Waals surface area contributed by atoms with Gasteiger partial charge in [-0.2, -0.15) is 14.0 Å². The lowest BCUT2D eigenvalue weighted by Crippen LogP contribution is -2.29. The van der Waals surface area contributed by atoms with Gasteiger partial charge in [0.1, 0.15) is 29.2 Å². The number of nitrogens with zero attached hydrogens (tertiary/aromatic N) is 5. The van der Waals surface area contributed by atoms with Gasteiger partial charge < -0.3 is 5.32 Å². The number of carbonyl (C=O) groups is 1. The van der Waals surface area contributed by atoms with E-state index >= 15 is 0 Å². The topological polar surface area (TPSA) is 94.2 Å². The van der Waals surface area contributed by atoms with Gasteiger partial charge in [-0.05, 0) is 30.6 Å². The maximum atomic E-state index is 13.2. The third-order valence-electron chi connectivity index (χ3n) is 4.54.